The van der Waals surface area contributed by atoms with Gasteiger partial charge in [0.15, 0.2) is 0 Å². The molecule has 1 saturated carbocycles. The third-order valence-electron chi connectivity index (χ3n) is 4.70. The molecule has 4 heteroatoms. The van der Waals surface area contributed by atoms with Crippen LogP contribution in [0.5, 0.6) is 0 Å². The van der Waals surface area contributed by atoms with E-state index >= 15 is 0 Å². The molecule has 2 atom stereocenters. The Bertz CT molecular complexity index is 562. The smallest absolute Gasteiger partial charge is 0.146 e. The van der Waals surface area contributed by atoms with Gasteiger partial charge in [0.25, 0.3) is 0 Å². The Morgan fingerprint density at radius 1 is 1.15 bits per heavy atom. The number of hydrogen-bond donors (Lipinski definition) is 0. The van der Waals surface area contributed by atoms with Crippen molar-refractivity contribution >= 4 is 5.69 Å². The second kappa shape index (κ2) is 4.18. The highest BCUT2D eigenvalue weighted by Crippen LogP contribution is 2.60. The molecule has 1 aliphatic heterocycles. The van der Waals surface area contributed by atoms with E-state index in [4.69, 9.17) is 5.26 Å². The molecule has 0 bridgehead atoms. The molecule has 3 rings (SSSR count). The zero-order valence-electron chi connectivity index (χ0n) is 12.0. The Hall–Kier alpha value is -1.63. The first-order chi connectivity index (χ1) is 9.32. The second-order valence-electron chi connectivity index (χ2n) is 7.02. The van der Waals surface area contributed by atoms with E-state index in [1.807, 2.05) is 4.90 Å². The molecule has 1 aromatic carbocycles. The van der Waals surface area contributed by atoms with Crippen LogP contribution in [0.4, 0.5) is 14.5 Å². The van der Waals surface area contributed by atoms with Crippen LogP contribution < -0.4 is 4.90 Å². The van der Waals surface area contributed by atoms with Crippen LogP contribution in [-0.4, -0.2) is 13.1 Å². The molecule has 2 unspecified atom stereocenters. The van der Waals surface area contributed by atoms with Crippen molar-refractivity contribution in [1.29, 1.82) is 5.26 Å². The van der Waals surface area contributed by atoms with Crippen molar-refractivity contribution in [1.82, 2.24) is 0 Å². The summed E-state index contributed by atoms with van der Waals surface area (Å²) in [5.41, 5.74) is 0.368. The van der Waals surface area contributed by atoms with Gasteiger partial charge in [-0.25, -0.2) is 8.78 Å². The van der Waals surface area contributed by atoms with E-state index < -0.39 is 17.2 Å². The van der Waals surface area contributed by atoms with Crippen molar-refractivity contribution in [2.75, 3.05) is 18.0 Å². The fraction of sp³-hybridized carbons (Fsp3) is 0.562. The molecule has 0 amide bonds. The quantitative estimate of drug-likeness (QED) is 0.784. The predicted molar refractivity (Wildman–Crippen MR) is 73.2 cm³/mol. The summed E-state index contributed by atoms with van der Waals surface area (Å²) in [5.74, 6) is 0.450. The summed E-state index contributed by atoms with van der Waals surface area (Å²) in [6.45, 7) is 8.47. The van der Waals surface area contributed by atoms with Crippen LogP contribution in [0.15, 0.2) is 12.1 Å². The zero-order chi connectivity index (χ0) is 14.7. The number of anilines is 1. The molecular formula is C16H18F2N2. The van der Waals surface area contributed by atoms with E-state index in [1.165, 1.54) is 12.1 Å². The SMILES string of the molecule is CC(C)(C)C1C2CN(c3cc(F)c(C#N)c(F)c3)CC21. The molecule has 0 aromatic heterocycles. The van der Waals surface area contributed by atoms with Gasteiger partial charge in [0, 0.05) is 18.8 Å². The van der Waals surface area contributed by atoms with Crippen molar-refractivity contribution in [2.45, 2.75) is 20.8 Å². The van der Waals surface area contributed by atoms with Gasteiger partial charge in [-0.15, -0.1) is 0 Å². The number of halogens is 2. The van der Waals surface area contributed by atoms with Gasteiger partial charge < -0.3 is 4.90 Å². The zero-order valence-corrected chi connectivity index (χ0v) is 12.0. The summed E-state index contributed by atoms with van der Waals surface area (Å²) in [6, 6.07) is 4.11. The van der Waals surface area contributed by atoms with E-state index in [0.29, 0.717) is 28.9 Å². The van der Waals surface area contributed by atoms with E-state index in [0.717, 1.165) is 13.1 Å². The van der Waals surface area contributed by atoms with Crippen LogP contribution in [-0.2, 0) is 0 Å². The molecule has 1 aromatic rings. The Balaban J connectivity index is 1.77. The van der Waals surface area contributed by atoms with Gasteiger partial charge >= 0.3 is 0 Å². The fourth-order valence-electron chi connectivity index (χ4n) is 3.87. The topological polar surface area (TPSA) is 27.0 Å². The fourth-order valence-corrected chi connectivity index (χ4v) is 3.87. The largest absolute Gasteiger partial charge is 0.371 e. The third-order valence-corrected chi connectivity index (χ3v) is 4.70. The molecule has 2 aliphatic rings. The molecule has 2 fully saturated rings. The minimum atomic E-state index is -0.768. The van der Waals surface area contributed by atoms with Crippen molar-refractivity contribution in [3.8, 4) is 6.07 Å². The van der Waals surface area contributed by atoms with Crippen molar-refractivity contribution < 1.29 is 8.78 Å². The maximum Gasteiger partial charge on any atom is 0.146 e. The Morgan fingerprint density at radius 2 is 1.65 bits per heavy atom. The number of nitrogens with zero attached hydrogens (tertiary/aromatic N) is 2. The minimum Gasteiger partial charge on any atom is -0.371 e. The van der Waals surface area contributed by atoms with Gasteiger partial charge in [0.1, 0.15) is 23.3 Å². The molecule has 0 radical (unpaired) electrons. The van der Waals surface area contributed by atoms with Crippen LogP contribution in [0.3, 0.4) is 0 Å². The number of fused-ring (bicyclic) bond motifs is 1. The summed E-state index contributed by atoms with van der Waals surface area (Å²) >= 11 is 0. The molecule has 0 spiro atoms. The van der Waals surface area contributed by atoms with E-state index in [9.17, 15) is 8.78 Å². The molecule has 106 valence electrons. The Morgan fingerprint density at radius 3 is 2.05 bits per heavy atom. The molecule has 20 heavy (non-hydrogen) atoms. The molecule has 0 N–H and O–H groups in total. The number of rotatable bonds is 1. The summed E-state index contributed by atoms with van der Waals surface area (Å²) < 4.78 is 27.3. The van der Waals surface area contributed by atoms with Crippen LogP contribution in [0.25, 0.3) is 0 Å². The van der Waals surface area contributed by atoms with Crippen molar-refractivity contribution in [3.05, 3.63) is 29.3 Å². The van der Waals surface area contributed by atoms with Crippen LogP contribution in [0, 0.1) is 46.1 Å². The van der Waals surface area contributed by atoms with Gasteiger partial charge in [0.05, 0.1) is 0 Å². The molecular weight excluding hydrogens is 258 g/mol. The lowest BCUT2D eigenvalue weighted by Gasteiger charge is -2.27. The van der Waals surface area contributed by atoms with Gasteiger partial charge in [-0.05, 0) is 35.3 Å². The maximum atomic E-state index is 13.6. The standard InChI is InChI=1S/C16H18F2N2/c1-16(2,3)15-11-7-20(8-12(11)15)9-4-13(17)10(6-19)14(18)5-9/h4-5,11-12,15H,7-8H2,1-3H3. The van der Waals surface area contributed by atoms with E-state index in [1.54, 1.807) is 6.07 Å². The summed E-state index contributed by atoms with van der Waals surface area (Å²) in [5, 5.41) is 8.69. The highest BCUT2D eigenvalue weighted by Gasteiger charge is 2.59. The summed E-state index contributed by atoms with van der Waals surface area (Å²) in [4.78, 5) is 2.03. The minimum absolute atomic E-state index is 0.308. The molecule has 1 heterocycles. The first-order valence-corrected chi connectivity index (χ1v) is 6.97. The number of nitriles is 1. The van der Waals surface area contributed by atoms with Gasteiger partial charge in [-0.2, -0.15) is 5.26 Å². The lowest BCUT2D eigenvalue weighted by atomic mass is 9.87. The van der Waals surface area contributed by atoms with Gasteiger partial charge in [-0.3, -0.25) is 0 Å². The van der Waals surface area contributed by atoms with E-state index in [2.05, 4.69) is 20.8 Å². The van der Waals surface area contributed by atoms with Crippen LogP contribution in [0.1, 0.15) is 26.3 Å². The first-order valence-electron chi connectivity index (χ1n) is 6.97. The van der Waals surface area contributed by atoms with Gasteiger partial charge in [0.2, 0.25) is 0 Å². The highest BCUT2D eigenvalue weighted by molar-refractivity contribution is 5.53. The monoisotopic (exact) mass is 276 g/mol. The van der Waals surface area contributed by atoms with Crippen molar-refractivity contribution in [2.24, 2.45) is 23.2 Å². The van der Waals surface area contributed by atoms with Gasteiger partial charge in [-0.1, -0.05) is 20.8 Å². The molecule has 1 aliphatic carbocycles. The lowest BCUT2D eigenvalue weighted by molar-refractivity contribution is 0.309. The first kappa shape index (κ1) is 13.4. The lowest BCUT2D eigenvalue weighted by Crippen LogP contribution is -2.27. The van der Waals surface area contributed by atoms with Crippen LogP contribution >= 0.6 is 0 Å². The Labute approximate surface area is 118 Å². The predicted octanol–water partition coefficient (Wildman–Crippen LogP) is 3.56. The highest BCUT2D eigenvalue weighted by atomic mass is 19.1. The van der Waals surface area contributed by atoms with Crippen LogP contribution in [0.2, 0.25) is 0 Å². The molecule has 1 saturated heterocycles. The number of benzene rings is 1. The molecule has 2 nitrogen and oxygen atoms in total. The average molecular weight is 276 g/mol. The summed E-state index contributed by atoms with van der Waals surface area (Å²) in [6.07, 6.45) is 0. The third kappa shape index (κ3) is 1.96. The Kier molecular flexibility index (Phi) is 2.79. The van der Waals surface area contributed by atoms with Crippen molar-refractivity contribution in [3.63, 3.8) is 0 Å². The number of hydrogen-bond acceptors (Lipinski definition) is 2. The van der Waals surface area contributed by atoms with E-state index in [-0.39, 0.29) is 0 Å². The average Bonchev–Trinajstić information content (AvgIpc) is 2.87. The summed E-state index contributed by atoms with van der Waals surface area (Å²) in [7, 11) is 0. The normalized spacial score (nSPS) is 28.2. The number of piperidine rings is 1. The second-order valence-corrected chi connectivity index (χ2v) is 7.02. The maximum absolute atomic E-state index is 13.6.